The third-order valence-corrected chi connectivity index (χ3v) is 3.02. The van der Waals surface area contributed by atoms with Crippen LogP contribution in [0.2, 0.25) is 0 Å². The lowest BCUT2D eigenvalue weighted by Crippen LogP contribution is -2.37. The molecule has 0 saturated heterocycles. The summed E-state index contributed by atoms with van der Waals surface area (Å²) in [6, 6.07) is 9.05. The largest absolute Gasteiger partial charge is 0.383 e. The molecule has 1 aromatic rings. The van der Waals surface area contributed by atoms with Crippen molar-refractivity contribution in [1.82, 2.24) is 10.6 Å². The summed E-state index contributed by atoms with van der Waals surface area (Å²) in [7, 11) is 5.85. The van der Waals surface area contributed by atoms with Gasteiger partial charge in [-0.2, -0.15) is 0 Å². The Bertz CT molecular complexity index is 355. The van der Waals surface area contributed by atoms with Crippen molar-refractivity contribution in [3.63, 3.8) is 0 Å². The van der Waals surface area contributed by atoms with E-state index in [-0.39, 0.29) is 0 Å². The van der Waals surface area contributed by atoms with Gasteiger partial charge in [-0.1, -0.05) is 12.1 Å². The highest BCUT2D eigenvalue weighted by Gasteiger charge is 2.02. The summed E-state index contributed by atoms with van der Waals surface area (Å²) in [4.78, 5) is 2.12. The highest BCUT2D eigenvalue weighted by molar-refractivity contribution is 5.47. The molecule has 0 bridgehead atoms. The number of ether oxygens (including phenoxy) is 1. The molecule has 0 heterocycles. The molecule has 0 spiro atoms. The SMILES string of the molecule is COCCNCC(C)NCc1cccc(N(C)C)c1. The van der Waals surface area contributed by atoms with Gasteiger partial charge >= 0.3 is 0 Å². The molecule has 108 valence electrons. The fraction of sp³-hybridized carbons (Fsp3) is 0.600. The van der Waals surface area contributed by atoms with E-state index >= 15 is 0 Å². The Kier molecular flexibility index (Phi) is 7.48. The van der Waals surface area contributed by atoms with E-state index < -0.39 is 0 Å². The number of nitrogens with one attached hydrogen (secondary N) is 2. The first-order valence-electron chi connectivity index (χ1n) is 6.82. The fourth-order valence-corrected chi connectivity index (χ4v) is 1.80. The van der Waals surface area contributed by atoms with Crippen molar-refractivity contribution in [3.8, 4) is 0 Å². The zero-order valence-electron chi connectivity index (χ0n) is 12.6. The number of benzene rings is 1. The first kappa shape index (κ1) is 16.0. The molecule has 0 aliphatic heterocycles. The Labute approximate surface area is 117 Å². The Hall–Kier alpha value is -1.10. The monoisotopic (exact) mass is 265 g/mol. The van der Waals surface area contributed by atoms with Crippen LogP contribution in [-0.4, -0.2) is 46.9 Å². The molecule has 1 rings (SSSR count). The minimum Gasteiger partial charge on any atom is -0.383 e. The molecule has 0 saturated carbocycles. The average Bonchev–Trinajstić information content (AvgIpc) is 2.41. The molecule has 19 heavy (non-hydrogen) atoms. The van der Waals surface area contributed by atoms with Gasteiger partial charge < -0.3 is 20.3 Å². The maximum absolute atomic E-state index is 5.00. The quantitative estimate of drug-likeness (QED) is 0.663. The van der Waals surface area contributed by atoms with Crippen LogP contribution in [0.1, 0.15) is 12.5 Å². The number of nitrogens with zero attached hydrogens (tertiary/aromatic N) is 1. The van der Waals surface area contributed by atoms with Gasteiger partial charge in [0.1, 0.15) is 0 Å². The van der Waals surface area contributed by atoms with E-state index in [4.69, 9.17) is 4.74 Å². The van der Waals surface area contributed by atoms with Crippen LogP contribution in [0, 0.1) is 0 Å². The molecule has 0 aliphatic rings. The number of hydrogen-bond donors (Lipinski definition) is 2. The summed E-state index contributed by atoms with van der Waals surface area (Å²) in [5, 5.41) is 6.88. The maximum atomic E-state index is 5.00. The van der Waals surface area contributed by atoms with Gasteiger partial charge in [0.15, 0.2) is 0 Å². The van der Waals surface area contributed by atoms with E-state index in [1.54, 1.807) is 7.11 Å². The lowest BCUT2D eigenvalue weighted by Gasteiger charge is -2.17. The van der Waals surface area contributed by atoms with Crippen LogP contribution >= 0.6 is 0 Å². The van der Waals surface area contributed by atoms with Crippen LogP contribution in [0.25, 0.3) is 0 Å². The van der Waals surface area contributed by atoms with E-state index in [9.17, 15) is 0 Å². The minimum atomic E-state index is 0.444. The predicted molar refractivity (Wildman–Crippen MR) is 81.8 cm³/mol. The molecule has 0 radical (unpaired) electrons. The zero-order valence-corrected chi connectivity index (χ0v) is 12.6. The van der Waals surface area contributed by atoms with Crippen LogP contribution in [-0.2, 0) is 11.3 Å². The summed E-state index contributed by atoms with van der Waals surface area (Å²) in [6.45, 7) is 5.71. The smallest absolute Gasteiger partial charge is 0.0587 e. The summed E-state index contributed by atoms with van der Waals surface area (Å²) in [5.41, 5.74) is 2.56. The molecule has 1 aromatic carbocycles. The lowest BCUT2D eigenvalue weighted by molar-refractivity contribution is 0.198. The molecule has 4 heteroatoms. The first-order chi connectivity index (χ1) is 9.13. The molecule has 0 aliphatic carbocycles. The van der Waals surface area contributed by atoms with Gasteiger partial charge in [-0.25, -0.2) is 0 Å². The molecule has 1 atom stereocenters. The van der Waals surface area contributed by atoms with Crippen molar-refractivity contribution < 1.29 is 4.74 Å². The third kappa shape index (κ3) is 6.57. The van der Waals surface area contributed by atoms with E-state index in [1.807, 2.05) is 0 Å². The molecule has 1 unspecified atom stereocenters. The fourth-order valence-electron chi connectivity index (χ4n) is 1.80. The second kappa shape index (κ2) is 8.91. The van der Waals surface area contributed by atoms with E-state index in [2.05, 4.69) is 60.8 Å². The van der Waals surface area contributed by atoms with Gasteiger partial charge in [0.2, 0.25) is 0 Å². The van der Waals surface area contributed by atoms with Crippen molar-refractivity contribution in [2.45, 2.75) is 19.5 Å². The normalized spacial score (nSPS) is 12.4. The Morgan fingerprint density at radius 2 is 2.11 bits per heavy atom. The van der Waals surface area contributed by atoms with Gasteiger partial charge in [0.05, 0.1) is 6.61 Å². The van der Waals surface area contributed by atoms with Crippen molar-refractivity contribution >= 4 is 5.69 Å². The van der Waals surface area contributed by atoms with Crippen molar-refractivity contribution in [2.24, 2.45) is 0 Å². The van der Waals surface area contributed by atoms with Gasteiger partial charge in [-0.05, 0) is 24.6 Å². The molecule has 2 N–H and O–H groups in total. The standard InChI is InChI=1S/C15H27N3O/c1-13(11-16-8-9-19-4)17-12-14-6-5-7-15(10-14)18(2)3/h5-7,10,13,16-17H,8-9,11-12H2,1-4H3. The van der Waals surface area contributed by atoms with Crippen molar-refractivity contribution in [2.75, 3.05) is 45.8 Å². The summed E-state index contributed by atoms with van der Waals surface area (Å²) in [6.07, 6.45) is 0. The average molecular weight is 265 g/mol. The van der Waals surface area contributed by atoms with Gasteiger partial charge in [-0.3, -0.25) is 0 Å². The Balaban J connectivity index is 2.29. The molecule has 4 nitrogen and oxygen atoms in total. The highest BCUT2D eigenvalue weighted by Crippen LogP contribution is 2.13. The highest BCUT2D eigenvalue weighted by atomic mass is 16.5. The van der Waals surface area contributed by atoms with Crippen LogP contribution in [0.15, 0.2) is 24.3 Å². The van der Waals surface area contributed by atoms with Crippen molar-refractivity contribution in [3.05, 3.63) is 29.8 Å². The van der Waals surface area contributed by atoms with Crippen LogP contribution in [0.3, 0.4) is 0 Å². The summed E-state index contributed by atoms with van der Waals surface area (Å²) < 4.78 is 5.00. The number of methoxy groups -OCH3 is 1. The number of anilines is 1. The summed E-state index contributed by atoms with van der Waals surface area (Å²) in [5.74, 6) is 0. The van der Waals surface area contributed by atoms with Crippen molar-refractivity contribution in [1.29, 1.82) is 0 Å². The van der Waals surface area contributed by atoms with Crippen LogP contribution in [0.4, 0.5) is 5.69 Å². The lowest BCUT2D eigenvalue weighted by atomic mass is 10.2. The molecule has 0 aromatic heterocycles. The van der Waals surface area contributed by atoms with E-state index in [1.165, 1.54) is 11.3 Å². The second-order valence-corrected chi connectivity index (χ2v) is 5.04. The van der Waals surface area contributed by atoms with E-state index in [0.717, 1.165) is 26.2 Å². The van der Waals surface area contributed by atoms with E-state index in [0.29, 0.717) is 6.04 Å². The second-order valence-electron chi connectivity index (χ2n) is 5.04. The van der Waals surface area contributed by atoms with Crippen LogP contribution in [0.5, 0.6) is 0 Å². The summed E-state index contributed by atoms with van der Waals surface area (Å²) >= 11 is 0. The molecule has 0 amide bonds. The van der Waals surface area contributed by atoms with Gasteiger partial charge in [-0.15, -0.1) is 0 Å². The molecule has 0 fully saturated rings. The minimum absolute atomic E-state index is 0.444. The molecular weight excluding hydrogens is 238 g/mol. The maximum Gasteiger partial charge on any atom is 0.0587 e. The Morgan fingerprint density at radius 3 is 2.79 bits per heavy atom. The predicted octanol–water partition coefficient (Wildman–Crippen LogP) is 1.47. The number of rotatable bonds is 9. The van der Waals surface area contributed by atoms with Gasteiger partial charge in [0.25, 0.3) is 0 Å². The number of hydrogen-bond acceptors (Lipinski definition) is 4. The Morgan fingerprint density at radius 1 is 1.32 bits per heavy atom. The third-order valence-electron chi connectivity index (χ3n) is 3.02. The first-order valence-corrected chi connectivity index (χ1v) is 6.82. The zero-order chi connectivity index (χ0) is 14.1. The van der Waals surface area contributed by atoms with Gasteiger partial charge in [0, 0.05) is 52.6 Å². The molecular formula is C15H27N3O. The van der Waals surface area contributed by atoms with Crippen LogP contribution < -0.4 is 15.5 Å². The topological polar surface area (TPSA) is 36.5 Å².